The molecule has 4 aromatic heterocycles. The molecule has 4 heterocycles. The molecule has 5 aromatic rings. The van der Waals surface area contributed by atoms with E-state index in [-0.39, 0.29) is 5.69 Å². The van der Waals surface area contributed by atoms with Crippen molar-refractivity contribution in [2.75, 3.05) is 0 Å². The van der Waals surface area contributed by atoms with E-state index < -0.39 is 6.85 Å². The van der Waals surface area contributed by atoms with Crippen molar-refractivity contribution >= 4 is 43.6 Å². The smallest absolute Gasteiger partial charge is 0.227 e. The minimum absolute atomic E-state index is 0.0314. The fourth-order valence-electron chi connectivity index (χ4n) is 3.08. The molecule has 24 heavy (non-hydrogen) atoms. The van der Waals surface area contributed by atoms with Gasteiger partial charge in [0.25, 0.3) is 0 Å². The van der Waals surface area contributed by atoms with Crippen molar-refractivity contribution in [2.24, 2.45) is 0 Å². The van der Waals surface area contributed by atoms with Gasteiger partial charge in [-0.25, -0.2) is 9.97 Å². The number of aromatic nitrogens is 2. The first-order valence-electron chi connectivity index (χ1n) is 9.10. The molecule has 0 atom stereocenters. The van der Waals surface area contributed by atoms with Crippen LogP contribution in [0.15, 0.2) is 52.9 Å². The molecule has 0 bridgehead atoms. The summed E-state index contributed by atoms with van der Waals surface area (Å²) in [6, 6.07) is 15.3. The monoisotopic (exact) mass is 333 g/mol. The third-order valence-corrected chi connectivity index (χ3v) is 5.14. The van der Waals surface area contributed by atoms with Gasteiger partial charge in [0, 0.05) is 31.0 Å². The molecule has 0 unspecified atom stereocenters. The molecule has 0 fully saturated rings. The van der Waals surface area contributed by atoms with Crippen molar-refractivity contribution in [2.45, 2.75) is 13.8 Å². The van der Waals surface area contributed by atoms with Gasteiger partial charge in [-0.05, 0) is 50.2 Å². The van der Waals surface area contributed by atoms with E-state index in [2.05, 4.69) is 24.0 Å². The van der Waals surface area contributed by atoms with Gasteiger partial charge in [-0.15, -0.1) is 11.3 Å². The number of benzene rings is 1. The van der Waals surface area contributed by atoms with Crippen LogP contribution >= 0.6 is 11.3 Å². The Balaban J connectivity index is 1.76. The van der Waals surface area contributed by atoms with E-state index in [1.54, 1.807) is 17.4 Å². The Kier molecular flexibility index (Phi) is 2.23. The molecule has 0 saturated carbocycles. The number of thiophene rings is 1. The summed E-state index contributed by atoms with van der Waals surface area (Å²) in [5.74, 6) is 0. The van der Waals surface area contributed by atoms with Crippen LogP contribution in [0.4, 0.5) is 0 Å². The Bertz CT molecular complexity index is 1330. The van der Waals surface area contributed by atoms with Gasteiger partial charge in [0.2, 0.25) is 5.71 Å². The molecule has 0 aliphatic heterocycles. The van der Waals surface area contributed by atoms with Gasteiger partial charge in [-0.1, -0.05) is 12.1 Å². The van der Waals surface area contributed by atoms with Gasteiger partial charge in [0.15, 0.2) is 0 Å². The number of hydrogen-bond donors (Lipinski definition) is 0. The van der Waals surface area contributed by atoms with Crippen LogP contribution in [0.2, 0.25) is 0 Å². The van der Waals surface area contributed by atoms with E-state index in [0.29, 0.717) is 11.3 Å². The Morgan fingerprint density at radius 3 is 2.92 bits per heavy atom. The van der Waals surface area contributed by atoms with Gasteiger partial charge in [0.05, 0.1) is 15.9 Å². The molecule has 0 radical (unpaired) electrons. The molecule has 5 rings (SSSR count). The molecule has 4 heteroatoms. The summed E-state index contributed by atoms with van der Waals surface area (Å²) in [5, 5.41) is 1.70. The molecule has 0 aliphatic rings. The molecule has 1 aromatic carbocycles. The van der Waals surface area contributed by atoms with Gasteiger partial charge in [-0.2, -0.15) is 0 Å². The van der Waals surface area contributed by atoms with E-state index in [9.17, 15) is 0 Å². The molecule has 0 aliphatic carbocycles. The van der Waals surface area contributed by atoms with E-state index in [1.165, 1.54) is 10.9 Å². The molecule has 0 N–H and O–H groups in total. The topological polar surface area (TPSA) is 38.9 Å². The summed E-state index contributed by atoms with van der Waals surface area (Å²) < 4.78 is 29.8. The molecule has 3 nitrogen and oxygen atoms in total. The van der Waals surface area contributed by atoms with Gasteiger partial charge >= 0.3 is 0 Å². The first-order valence-corrected chi connectivity index (χ1v) is 8.42. The lowest BCUT2D eigenvalue weighted by Gasteiger charge is -2.02. The summed E-state index contributed by atoms with van der Waals surface area (Å²) in [6.45, 7) is -0.195. The summed E-state index contributed by atoms with van der Waals surface area (Å²) in [6.07, 6.45) is 0. The fraction of sp³-hybridized carbons (Fsp3) is 0.100. The molecule has 116 valence electrons. The van der Waals surface area contributed by atoms with Gasteiger partial charge in [0.1, 0.15) is 5.58 Å². The molecule has 0 saturated heterocycles. The van der Waals surface area contributed by atoms with Crippen LogP contribution in [-0.4, -0.2) is 9.97 Å². The maximum absolute atomic E-state index is 7.56. The van der Waals surface area contributed by atoms with E-state index >= 15 is 0 Å². The number of fused-ring (bicyclic) bond motifs is 4. The molecular formula is C20H14N2OS. The zero-order valence-electron chi connectivity index (χ0n) is 15.8. The van der Waals surface area contributed by atoms with E-state index in [4.69, 9.17) is 13.5 Å². The van der Waals surface area contributed by atoms with Gasteiger partial charge in [-0.3, -0.25) is 0 Å². The van der Waals surface area contributed by atoms with Crippen LogP contribution in [0.3, 0.4) is 0 Å². The lowest BCUT2D eigenvalue weighted by atomic mass is 10.1. The average molecular weight is 333 g/mol. The molecular weight excluding hydrogens is 316 g/mol. The Hall–Kier alpha value is -2.72. The normalized spacial score (nSPS) is 14.1. The predicted octanol–water partition coefficient (Wildman–Crippen LogP) is 5.87. The summed E-state index contributed by atoms with van der Waals surface area (Å²) in [4.78, 5) is 10.2. The van der Waals surface area contributed by atoms with Gasteiger partial charge < -0.3 is 4.42 Å². The highest BCUT2D eigenvalue weighted by Crippen LogP contribution is 2.35. The Morgan fingerprint density at radius 2 is 2.00 bits per heavy atom. The maximum Gasteiger partial charge on any atom is 0.227 e. The van der Waals surface area contributed by atoms with Crippen molar-refractivity contribution in [3.63, 3.8) is 0 Å². The summed E-state index contributed by atoms with van der Waals surface area (Å²) in [5.41, 5.74) is 3.68. The SMILES string of the molecule is [2H]C([2H])([2H])c1ccc2c(n1)oc1c(-c3ccc4sc(C)cc4n3)cccc12. The number of furan rings is 1. The standard InChI is InChI=1S/C20H14N2OS/c1-11-6-7-14-13-4-3-5-15(19(13)23-20(14)21-11)16-8-9-18-17(22-16)10-12(2)24-18/h3-10H,1-2H3/i1D3. The quantitative estimate of drug-likeness (QED) is 0.385. The number of rotatable bonds is 1. The highest BCUT2D eigenvalue weighted by atomic mass is 32.1. The van der Waals surface area contributed by atoms with Crippen LogP contribution in [-0.2, 0) is 0 Å². The highest BCUT2D eigenvalue weighted by Gasteiger charge is 2.14. The van der Waals surface area contributed by atoms with Crippen LogP contribution in [0, 0.1) is 13.8 Å². The fourth-order valence-corrected chi connectivity index (χ4v) is 3.94. The number of para-hydroxylation sites is 1. The van der Waals surface area contributed by atoms with E-state index in [1.807, 2.05) is 24.3 Å². The first kappa shape index (κ1) is 10.9. The van der Waals surface area contributed by atoms with Crippen molar-refractivity contribution < 1.29 is 8.53 Å². The number of pyridine rings is 2. The van der Waals surface area contributed by atoms with Crippen molar-refractivity contribution in [3.8, 4) is 11.3 Å². The predicted molar refractivity (Wildman–Crippen MR) is 99.6 cm³/mol. The Morgan fingerprint density at radius 1 is 1.04 bits per heavy atom. The van der Waals surface area contributed by atoms with Crippen molar-refractivity contribution in [1.29, 1.82) is 0 Å². The largest absolute Gasteiger partial charge is 0.437 e. The number of hydrogen-bond acceptors (Lipinski definition) is 4. The van der Waals surface area contributed by atoms with Crippen LogP contribution in [0.1, 0.15) is 14.7 Å². The zero-order valence-corrected chi connectivity index (χ0v) is 13.6. The summed E-state index contributed by atoms with van der Waals surface area (Å²) >= 11 is 1.72. The third-order valence-electron chi connectivity index (χ3n) is 4.14. The second-order valence-electron chi connectivity index (χ2n) is 5.77. The number of aryl methyl sites for hydroxylation is 2. The third kappa shape index (κ3) is 1.96. The maximum atomic E-state index is 7.56. The second-order valence-corrected chi connectivity index (χ2v) is 7.06. The summed E-state index contributed by atoms with van der Waals surface area (Å²) in [7, 11) is 0. The van der Waals surface area contributed by atoms with Crippen LogP contribution in [0.5, 0.6) is 0 Å². The van der Waals surface area contributed by atoms with Crippen LogP contribution < -0.4 is 0 Å². The number of nitrogens with zero attached hydrogens (tertiary/aromatic N) is 2. The first-order chi connectivity index (χ1) is 12.9. The lowest BCUT2D eigenvalue weighted by Crippen LogP contribution is -1.83. The highest BCUT2D eigenvalue weighted by molar-refractivity contribution is 7.18. The van der Waals surface area contributed by atoms with Crippen molar-refractivity contribution in [1.82, 2.24) is 9.97 Å². The zero-order chi connectivity index (χ0) is 18.8. The molecule has 0 spiro atoms. The minimum Gasteiger partial charge on any atom is -0.437 e. The second kappa shape index (κ2) is 4.89. The van der Waals surface area contributed by atoms with E-state index in [0.717, 1.165) is 32.2 Å². The minimum atomic E-state index is -2.26. The Labute approximate surface area is 146 Å². The average Bonchev–Trinajstić information content (AvgIpc) is 3.18. The lowest BCUT2D eigenvalue weighted by molar-refractivity contribution is 0.653. The van der Waals surface area contributed by atoms with Crippen LogP contribution in [0.25, 0.3) is 43.5 Å². The van der Waals surface area contributed by atoms with Crippen molar-refractivity contribution in [3.05, 3.63) is 59.1 Å². The molecule has 0 amide bonds.